The molecule has 3 aromatic rings. The Balaban J connectivity index is 0.000000222. The Morgan fingerprint density at radius 3 is 2.53 bits per heavy atom. The van der Waals surface area contributed by atoms with E-state index in [0.29, 0.717) is 38.9 Å². The molecule has 7 nitrogen and oxygen atoms in total. The van der Waals surface area contributed by atoms with Gasteiger partial charge in [0, 0.05) is 6.54 Å². The number of nitrogens with one attached hydrogen (secondary N) is 1. The number of fused-ring (bicyclic) bond motifs is 2. The normalized spacial score (nSPS) is 14.6. The number of rotatable bonds is 4. The molecule has 0 fully saturated rings. The molecule has 0 saturated carbocycles. The molecule has 12 heteroatoms. The van der Waals surface area contributed by atoms with Crippen molar-refractivity contribution in [1.29, 1.82) is 0 Å². The van der Waals surface area contributed by atoms with Crippen molar-refractivity contribution >= 4 is 40.5 Å². The van der Waals surface area contributed by atoms with E-state index in [2.05, 4.69) is 30.9 Å². The number of allylic oxidation sites excluding steroid dienone is 4. The maximum Gasteiger partial charge on any atom is 2.00 e. The van der Waals surface area contributed by atoms with Crippen LogP contribution in [0.15, 0.2) is 34.3 Å². The first-order chi connectivity index (χ1) is 14.6. The second-order valence-corrected chi connectivity index (χ2v) is 7.17. The Labute approximate surface area is 202 Å². The zero-order valence-electron chi connectivity index (χ0n) is 17.0. The van der Waals surface area contributed by atoms with Crippen LogP contribution in [0, 0.1) is 20.2 Å². The number of alkyl halides is 2. The van der Waals surface area contributed by atoms with Crippen molar-refractivity contribution < 1.29 is 40.1 Å². The number of hydrogen-bond donors (Lipinski definition) is 1. The number of H-pyrrole nitrogens is 1. The van der Waals surface area contributed by atoms with Gasteiger partial charge in [-0.15, -0.1) is 14.3 Å². The van der Waals surface area contributed by atoms with E-state index in [-0.39, 0.29) is 28.6 Å². The molecule has 0 unspecified atom stereocenters. The molecule has 3 heterocycles. The number of imidazole rings is 1. The minimum Gasteiger partial charge on any atom is -0.460 e. The van der Waals surface area contributed by atoms with Gasteiger partial charge in [-0.2, -0.15) is 0 Å². The number of aromatic nitrogens is 4. The van der Waals surface area contributed by atoms with E-state index >= 15 is 0 Å². The Morgan fingerprint density at radius 2 is 1.94 bits per heavy atom. The zero-order valence-corrected chi connectivity index (χ0v) is 19.7. The fraction of sp³-hybridized carbons (Fsp3) is 0.250. The van der Waals surface area contributed by atoms with Crippen molar-refractivity contribution in [2.24, 2.45) is 0 Å². The van der Waals surface area contributed by atoms with Gasteiger partial charge in [-0.05, 0) is 25.0 Å². The van der Waals surface area contributed by atoms with Crippen LogP contribution >= 0.6 is 23.2 Å². The molecular formula is C20H16Cl2F2MnN4O3. The van der Waals surface area contributed by atoms with Gasteiger partial charge in [0.05, 0.1) is 16.4 Å². The van der Waals surface area contributed by atoms with Crippen LogP contribution in [0.4, 0.5) is 8.78 Å². The number of halogens is 4. The number of hydrogen-bond acceptors (Lipinski definition) is 5. The number of aryl methyl sites for hydroxylation is 1. The van der Waals surface area contributed by atoms with E-state index in [1.165, 1.54) is 12.1 Å². The Bertz CT molecular complexity index is 1150. The fourth-order valence-electron chi connectivity index (χ4n) is 2.75. The van der Waals surface area contributed by atoms with Crippen LogP contribution in [0.1, 0.15) is 23.9 Å². The van der Waals surface area contributed by atoms with Gasteiger partial charge < -0.3 is 28.9 Å². The van der Waals surface area contributed by atoms with Gasteiger partial charge in [0.25, 0.3) is 0 Å². The van der Waals surface area contributed by atoms with Crippen molar-refractivity contribution in [2.75, 3.05) is 0 Å². The predicted octanol–water partition coefficient (Wildman–Crippen LogP) is 4.91. The van der Waals surface area contributed by atoms with E-state index in [9.17, 15) is 13.6 Å². The predicted molar refractivity (Wildman–Crippen MR) is 111 cm³/mol. The van der Waals surface area contributed by atoms with Crippen molar-refractivity contribution in [2.45, 2.75) is 33.6 Å². The summed E-state index contributed by atoms with van der Waals surface area (Å²) >= 11 is 11.8. The van der Waals surface area contributed by atoms with Crippen LogP contribution in [-0.4, -0.2) is 32.3 Å². The number of aromatic amines is 1. The molecule has 32 heavy (non-hydrogen) atoms. The van der Waals surface area contributed by atoms with Gasteiger partial charge in [0.1, 0.15) is 0 Å². The molecule has 169 valence electrons. The third-order valence-electron chi connectivity index (χ3n) is 4.30. The largest absolute Gasteiger partial charge is 2.00 e. The quantitative estimate of drug-likeness (QED) is 0.298. The second-order valence-electron chi connectivity index (χ2n) is 6.35. The summed E-state index contributed by atoms with van der Waals surface area (Å²) in [6, 6.07) is 2.77. The Hall–Kier alpha value is -2.39. The van der Waals surface area contributed by atoms with Crippen LogP contribution in [0.3, 0.4) is 0 Å². The van der Waals surface area contributed by atoms with Crippen LogP contribution in [-0.2, 0) is 28.4 Å². The van der Waals surface area contributed by atoms with Gasteiger partial charge in [-0.25, -0.2) is 0 Å². The Kier molecular flexibility index (Phi) is 8.47. The molecule has 0 aliphatic carbocycles. The third kappa shape index (κ3) is 5.69. The molecule has 1 aromatic carbocycles. The minimum absolute atomic E-state index is 0. The molecule has 1 aliphatic heterocycles. The molecule has 2 aromatic heterocycles. The monoisotopic (exact) mass is 523 g/mol. The first kappa shape index (κ1) is 25.9. The van der Waals surface area contributed by atoms with E-state index in [1.807, 2.05) is 13.2 Å². The number of carbonyl (C=O) groups excluding carboxylic acids is 1. The maximum absolute atomic E-state index is 12.6. The van der Waals surface area contributed by atoms with Crippen molar-refractivity contribution in [1.82, 2.24) is 19.7 Å². The summed E-state index contributed by atoms with van der Waals surface area (Å²) in [5, 5.41) is 5.19. The van der Waals surface area contributed by atoms with Gasteiger partial charge in [0.15, 0.2) is 11.5 Å². The summed E-state index contributed by atoms with van der Waals surface area (Å²) in [4.78, 5) is 17.1. The van der Waals surface area contributed by atoms with E-state index in [0.717, 1.165) is 5.69 Å². The summed E-state index contributed by atoms with van der Waals surface area (Å²) in [6.45, 7) is 5.87. The fourth-order valence-corrected chi connectivity index (χ4v) is 3.01. The van der Waals surface area contributed by atoms with Crippen LogP contribution < -0.4 is 9.47 Å². The van der Waals surface area contributed by atoms with Gasteiger partial charge in [0.2, 0.25) is 0 Å². The number of benzene rings is 1. The molecule has 1 aliphatic rings. The van der Waals surface area contributed by atoms with Gasteiger partial charge >= 0.3 is 23.4 Å². The average molecular weight is 524 g/mol. The summed E-state index contributed by atoms with van der Waals surface area (Å²) in [6.07, 6.45) is 4.25. The molecule has 0 amide bonds. The van der Waals surface area contributed by atoms with Crippen LogP contribution in [0.25, 0.3) is 11.0 Å². The molecule has 0 spiro atoms. The smallest absolute Gasteiger partial charge is 0.460 e. The molecular weight excluding hydrogens is 508 g/mol. The summed E-state index contributed by atoms with van der Waals surface area (Å²) in [5.41, 5.74) is 3.02. The van der Waals surface area contributed by atoms with Crippen LogP contribution in [0.2, 0.25) is 0 Å². The van der Waals surface area contributed by atoms with E-state index in [1.54, 1.807) is 30.7 Å². The molecule has 0 atom stereocenters. The molecule has 1 N–H and O–H groups in total. The second kappa shape index (κ2) is 10.5. The first-order valence-corrected chi connectivity index (χ1v) is 9.66. The van der Waals surface area contributed by atoms with Crippen molar-refractivity contribution in [3.05, 3.63) is 57.6 Å². The topological polar surface area (TPSA) is 82.0 Å². The standard InChI is InChI=1S/C12H13Cl2N2O.C8H3F2N2O2.Mn/c1-4-11(13)12(14)5-6-16-9(3)10(7-17)8(2)15-16;9-8(10)13-6-1-4-5(12-3-11-4)2-7(6)14-8;/h4-5H,6H2,1-3H3;1-2H,(H,11,12);/q2*-1;+2/b11-4+,12-5+;;. The Morgan fingerprint density at radius 1 is 1.28 bits per heavy atom. The van der Waals surface area contributed by atoms with E-state index < -0.39 is 6.29 Å². The average Bonchev–Trinajstić information content (AvgIpc) is 3.37. The summed E-state index contributed by atoms with van der Waals surface area (Å²) < 4.78 is 35.4. The van der Waals surface area contributed by atoms with Gasteiger partial charge in [-0.1, -0.05) is 72.0 Å². The molecule has 1 radical (unpaired) electrons. The minimum atomic E-state index is -3.58. The molecule has 0 bridgehead atoms. The molecule has 0 saturated heterocycles. The van der Waals surface area contributed by atoms with Gasteiger partial charge in [-0.3, -0.25) is 5.10 Å². The number of ether oxygens (including phenoxy) is 2. The summed E-state index contributed by atoms with van der Waals surface area (Å²) in [7, 11) is 0. The van der Waals surface area contributed by atoms with Crippen LogP contribution in [0.5, 0.6) is 11.5 Å². The maximum atomic E-state index is 12.6. The summed E-state index contributed by atoms with van der Waals surface area (Å²) in [5.74, 6) is -0.0110. The SMILES string of the molecule is C/C=C(Cl)\C(Cl)=C/Cn1nc(C)c([C-]=O)c1C.FC1(F)Oc2cc3n[c-][nH]c3cc2O1.[Mn+2]. The van der Waals surface area contributed by atoms with Crippen molar-refractivity contribution in [3.8, 4) is 11.5 Å². The molecule has 4 rings (SSSR count). The zero-order chi connectivity index (χ0) is 22.8. The third-order valence-corrected chi connectivity index (χ3v) is 5.17. The van der Waals surface area contributed by atoms with Crippen molar-refractivity contribution in [3.63, 3.8) is 0 Å². The number of nitrogens with zero attached hydrogens (tertiary/aromatic N) is 3. The van der Waals surface area contributed by atoms with E-state index in [4.69, 9.17) is 23.2 Å². The first-order valence-electron chi connectivity index (χ1n) is 8.90.